The van der Waals surface area contributed by atoms with Crippen LogP contribution in [-0.2, 0) is 9.59 Å². The fourth-order valence-electron chi connectivity index (χ4n) is 4.78. The molecule has 0 saturated carbocycles. The molecule has 1 aliphatic heterocycles. The monoisotopic (exact) mass is 556 g/mol. The summed E-state index contributed by atoms with van der Waals surface area (Å²) in [5.74, 6) is -0.565. The van der Waals surface area contributed by atoms with Crippen molar-refractivity contribution in [2.75, 3.05) is 16.8 Å². The minimum absolute atomic E-state index is 0.0905. The molecule has 11 nitrogen and oxygen atoms in total. The SMILES string of the molecule is Cc1cc(NC(=O)C2CC(=O)N(c3ccc(C)c(C)c3)C2)n(-c2nc3c(cnn3-c3ccc(Cl)cc3)c(=O)[nH]2)n1. The Kier molecular flexibility index (Phi) is 6.22. The van der Waals surface area contributed by atoms with Crippen LogP contribution in [0.15, 0.2) is 59.5 Å². The largest absolute Gasteiger partial charge is 0.312 e. The molecule has 4 heterocycles. The lowest BCUT2D eigenvalue weighted by Gasteiger charge is -2.18. The van der Waals surface area contributed by atoms with Gasteiger partial charge in [-0.1, -0.05) is 17.7 Å². The van der Waals surface area contributed by atoms with Gasteiger partial charge in [0.15, 0.2) is 5.65 Å². The number of benzene rings is 2. The Balaban J connectivity index is 1.29. The van der Waals surface area contributed by atoms with Crippen LogP contribution in [-0.4, -0.2) is 47.9 Å². The van der Waals surface area contributed by atoms with Crippen molar-refractivity contribution >= 4 is 46.0 Å². The Bertz CT molecular complexity index is 1850. The molecule has 2 N–H and O–H groups in total. The molecule has 202 valence electrons. The van der Waals surface area contributed by atoms with Crippen LogP contribution >= 0.6 is 11.6 Å². The summed E-state index contributed by atoms with van der Waals surface area (Å²) >= 11 is 6.02. The van der Waals surface area contributed by atoms with E-state index in [4.69, 9.17) is 11.6 Å². The number of aryl methyl sites for hydroxylation is 3. The first-order chi connectivity index (χ1) is 19.2. The summed E-state index contributed by atoms with van der Waals surface area (Å²) in [4.78, 5) is 48.0. The third-order valence-corrected chi connectivity index (χ3v) is 7.33. The summed E-state index contributed by atoms with van der Waals surface area (Å²) in [5, 5.41) is 12.5. The zero-order valence-electron chi connectivity index (χ0n) is 22.0. The highest BCUT2D eigenvalue weighted by atomic mass is 35.5. The fraction of sp³-hybridized carbons (Fsp3) is 0.214. The second kappa shape index (κ2) is 9.76. The van der Waals surface area contributed by atoms with Crippen molar-refractivity contribution in [1.82, 2.24) is 29.5 Å². The van der Waals surface area contributed by atoms with Gasteiger partial charge >= 0.3 is 0 Å². The summed E-state index contributed by atoms with van der Waals surface area (Å²) in [6.07, 6.45) is 1.53. The molecule has 6 rings (SSSR count). The summed E-state index contributed by atoms with van der Waals surface area (Å²) in [5.41, 5.74) is 4.17. The first-order valence-corrected chi connectivity index (χ1v) is 13.1. The fourth-order valence-corrected chi connectivity index (χ4v) is 4.91. The van der Waals surface area contributed by atoms with Gasteiger partial charge in [0.2, 0.25) is 17.8 Å². The summed E-state index contributed by atoms with van der Waals surface area (Å²) < 4.78 is 2.90. The average molecular weight is 557 g/mol. The zero-order valence-corrected chi connectivity index (χ0v) is 22.7. The van der Waals surface area contributed by atoms with Crippen molar-refractivity contribution in [2.24, 2.45) is 5.92 Å². The van der Waals surface area contributed by atoms with Gasteiger partial charge in [0.05, 0.1) is 23.5 Å². The van der Waals surface area contributed by atoms with Crippen molar-refractivity contribution in [2.45, 2.75) is 27.2 Å². The number of anilines is 2. The molecule has 2 amide bonds. The van der Waals surface area contributed by atoms with Gasteiger partial charge in [-0.05, 0) is 68.3 Å². The molecule has 0 aliphatic carbocycles. The molecule has 1 unspecified atom stereocenters. The molecule has 1 fully saturated rings. The standard InChI is InChI=1S/C28H25ClN8O3/c1-15-4-7-21(10-16(15)2)35-14-18(12-24(35)38)26(39)31-23-11-17(3)34-37(23)28-32-25-22(27(40)33-28)13-30-36(25)20-8-5-19(29)6-9-20/h4-11,13,18H,12,14H2,1-3H3,(H,31,39)(H,32,33,40). The molecule has 3 aromatic heterocycles. The third kappa shape index (κ3) is 4.54. The molecule has 40 heavy (non-hydrogen) atoms. The lowest BCUT2D eigenvalue weighted by molar-refractivity contribution is -0.122. The maximum atomic E-state index is 13.3. The van der Waals surface area contributed by atoms with Crippen LogP contribution < -0.4 is 15.8 Å². The van der Waals surface area contributed by atoms with E-state index < -0.39 is 11.5 Å². The van der Waals surface area contributed by atoms with Gasteiger partial charge in [0, 0.05) is 29.7 Å². The van der Waals surface area contributed by atoms with E-state index in [9.17, 15) is 14.4 Å². The minimum atomic E-state index is -0.557. The Morgan fingerprint density at radius 2 is 1.75 bits per heavy atom. The van der Waals surface area contributed by atoms with Gasteiger partial charge < -0.3 is 10.2 Å². The lowest BCUT2D eigenvalue weighted by Crippen LogP contribution is -2.29. The van der Waals surface area contributed by atoms with E-state index in [0.717, 1.165) is 16.8 Å². The molecular formula is C28H25ClN8O3. The van der Waals surface area contributed by atoms with Crippen LogP contribution in [0.25, 0.3) is 22.7 Å². The van der Waals surface area contributed by atoms with Crippen molar-refractivity contribution in [1.29, 1.82) is 0 Å². The summed E-state index contributed by atoms with van der Waals surface area (Å²) in [7, 11) is 0. The van der Waals surface area contributed by atoms with Crippen LogP contribution in [0.1, 0.15) is 23.2 Å². The normalized spacial score (nSPS) is 15.2. The summed E-state index contributed by atoms with van der Waals surface area (Å²) in [6.45, 7) is 6.03. The maximum Gasteiger partial charge on any atom is 0.263 e. The first kappa shape index (κ1) is 25.5. The predicted molar refractivity (Wildman–Crippen MR) is 151 cm³/mol. The number of fused-ring (bicyclic) bond motifs is 1. The van der Waals surface area contributed by atoms with Crippen LogP contribution in [0.3, 0.4) is 0 Å². The Hall–Kier alpha value is -4.77. The number of nitrogens with one attached hydrogen (secondary N) is 2. The molecule has 12 heteroatoms. The molecule has 2 aromatic carbocycles. The smallest absolute Gasteiger partial charge is 0.263 e. The van der Waals surface area contributed by atoms with Gasteiger partial charge in [-0.15, -0.1) is 0 Å². The van der Waals surface area contributed by atoms with Crippen molar-refractivity contribution < 1.29 is 9.59 Å². The van der Waals surface area contributed by atoms with Crippen molar-refractivity contribution in [3.63, 3.8) is 0 Å². The van der Waals surface area contributed by atoms with E-state index in [-0.39, 0.29) is 30.7 Å². The number of aromatic nitrogens is 6. The number of rotatable bonds is 5. The molecule has 0 radical (unpaired) electrons. The van der Waals surface area contributed by atoms with E-state index >= 15 is 0 Å². The van der Waals surface area contributed by atoms with E-state index in [0.29, 0.717) is 33.3 Å². The molecule has 5 aromatic rings. The van der Waals surface area contributed by atoms with E-state index in [1.54, 1.807) is 42.2 Å². The van der Waals surface area contributed by atoms with Gasteiger partial charge in [-0.3, -0.25) is 19.4 Å². The minimum Gasteiger partial charge on any atom is -0.312 e. The van der Waals surface area contributed by atoms with Crippen LogP contribution in [0.4, 0.5) is 11.5 Å². The van der Waals surface area contributed by atoms with Crippen LogP contribution in [0.2, 0.25) is 5.02 Å². The number of hydrogen-bond acceptors (Lipinski definition) is 6. The van der Waals surface area contributed by atoms with Gasteiger partial charge in [-0.25, -0.2) is 4.68 Å². The Morgan fingerprint density at radius 3 is 2.50 bits per heavy atom. The number of hydrogen-bond donors (Lipinski definition) is 2. The Labute approximate surface area is 233 Å². The molecule has 1 atom stereocenters. The predicted octanol–water partition coefficient (Wildman–Crippen LogP) is 3.86. The first-order valence-electron chi connectivity index (χ1n) is 12.7. The van der Waals surface area contributed by atoms with Crippen molar-refractivity contribution in [3.8, 4) is 11.6 Å². The number of halogens is 1. The van der Waals surface area contributed by atoms with E-state index in [2.05, 4.69) is 25.5 Å². The molecule has 1 aliphatic rings. The molecule has 0 spiro atoms. The number of amides is 2. The average Bonchev–Trinajstić information content (AvgIpc) is 3.63. The number of aromatic amines is 1. The highest BCUT2D eigenvalue weighted by Gasteiger charge is 2.35. The highest BCUT2D eigenvalue weighted by Crippen LogP contribution is 2.28. The number of H-pyrrole nitrogens is 1. The van der Waals surface area contributed by atoms with Crippen LogP contribution in [0.5, 0.6) is 0 Å². The van der Waals surface area contributed by atoms with Crippen LogP contribution in [0, 0.1) is 26.7 Å². The number of carbonyl (C=O) groups is 2. The molecule has 0 bridgehead atoms. The highest BCUT2D eigenvalue weighted by molar-refractivity contribution is 6.30. The van der Waals surface area contributed by atoms with Gasteiger partial charge in [-0.2, -0.15) is 19.9 Å². The zero-order chi connectivity index (χ0) is 28.1. The maximum absolute atomic E-state index is 13.3. The lowest BCUT2D eigenvalue weighted by atomic mass is 10.1. The second-order valence-corrected chi connectivity index (χ2v) is 10.3. The molecular weight excluding hydrogens is 532 g/mol. The van der Waals surface area contributed by atoms with E-state index in [1.807, 2.05) is 32.0 Å². The van der Waals surface area contributed by atoms with E-state index in [1.165, 1.54) is 15.6 Å². The van der Waals surface area contributed by atoms with Crippen molar-refractivity contribution in [3.05, 3.63) is 86.9 Å². The quantitative estimate of drug-likeness (QED) is 0.338. The molecule has 1 saturated heterocycles. The number of nitrogens with zero attached hydrogens (tertiary/aromatic N) is 6. The Morgan fingerprint density at radius 1 is 1.00 bits per heavy atom. The van der Waals surface area contributed by atoms with Gasteiger partial charge in [0.1, 0.15) is 11.2 Å². The topological polar surface area (TPSA) is 131 Å². The van der Waals surface area contributed by atoms with Gasteiger partial charge in [0.25, 0.3) is 5.56 Å². The summed E-state index contributed by atoms with van der Waals surface area (Å²) in [6, 6.07) is 14.5. The second-order valence-electron chi connectivity index (χ2n) is 9.91. The third-order valence-electron chi connectivity index (χ3n) is 7.08. The number of carbonyl (C=O) groups excluding carboxylic acids is 2.